The minimum atomic E-state index is -0.573. The number of aromatic nitrogens is 1. The van der Waals surface area contributed by atoms with Crippen molar-refractivity contribution >= 4 is 28.4 Å². The van der Waals surface area contributed by atoms with Crippen molar-refractivity contribution in [1.82, 2.24) is 10.3 Å². The largest absolute Gasteiger partial charge is 0.494 e. The molecule has 1 amide bonds. The summed E-state index contributed by atoms with van der Waals surface area (Å²) in [5.74, 6) is -0.539. The molecule has 0 aliphatic heterocycles. The number of aryl methyl sites for hydroxylation is 1. The molecule has 0 saturated carbocycles. The summed E-state index contributed by atoms with van der Waals surface area (Å²) in [5, 5.41) is 3.58. The van der Waals surface area contributed by atoms with Gasteiger partial charge < -0.3 is 15.0 Å². The van der Waals surface area contributed by atoms with E-state index in [-0.39, 0.29) is 16.7 Å². The van der Waals surface area contributed by atoms with Crippen LogP contribution in [0.25, 0.3) is 10.9 Å². The molecule has 1 aromatic carbocycles. The van der Waals surface area contributed by atoms with E-state index in [4.69, 9.17) is 16.3 Å². The second-order valence-corrected chi connectivity index (χ2v) is 4.97. The van der Waals surface area contributed by atoms with Gasteiger partial charge in [0.05, 0.1) is 12.6 Å². The van der Waals surface area contributed by atoms with Crippen LogP contribution in [0.3, 0.4) is 0 Å². The molecular weight excluding hydrogens is 283 g/mol. The zero-order chi connectivity index (χ0) is 14.9. The molecule has 1 heterocycles. The summed E-state index contributed by atoms with van der Waals surface area (Å²) < 4.78 is 18.9. The van der Waals surface area contributed by atoms with Crippen LogP contribution in [0.1, 0.15) is 18.2 Å². The molecule has 108 valence electrons. The van der Waals surface area contributed by atoms with Gasteiger partial charge in [0.2, 0.25) is 5.91 Å². The summed E-state index contributed by atoms with van der Waals surface area (Å²) in [7, 11) is 1.40. The Bertz CT molecular complexity index is 667. The highest BCUT2D eigenvalue weighted by atomic mass is 35.5. The number of nitrogens with one attached hydrogen (secondary N) is 2. The van der Waals surface area contributed by atoms with E-state index in [2.05, 4.69) is 10.3 Å². The molecule has 0 radical (unpaired) electrons. The van der Waals surface area contributed by atoms with E-state index in [1.807, 2.05) is 6.92 Å². The van der Waals surface area contributed by atoms with Crippen molar-refractivity contribution in [3.05, 3.63) is 28.2 Å². The van der Waals surface area contributed by atoms with Crippen molar-refractivity contribution in [2.75, 3.05) is 13.7 Å². The first-order valence-electron chi connectivity index (χ1n) is 6.23. The standard InChI is InChI=1S/C14H16ClFN2O2/c1-7-9(4-5-17-8(2)19)10-6-11(20-3)13(16)12(15)14(10)18-7/h6,18H,4-5H2,1-3H3,(H,17,19). The number of carbonyl (C=O) groups is 1. The van der Waals surface area contributed by atoms with E-state index in [9.17, 15) is 9.18 Å². The summed E-state index contributed by atoms with van der Waals surface area (Å²) in [4.78, 5) is 14.0. The van der Waals surface area contributed by atoms with E-state index in [0.717, 1.165) is 16.6 Å². The average Bonchev–Trinajstić information content (AvgIpc) is 2.71. The first kappa shape index (κ1) is 14.7. The van der Waals surface area contributed by atoms with E-state index >= 15 is 0 Å². The Morgan fingerprint density at radius 3 is 2.85 bits per heavy atom. The fraction of sp³-hybridized carbons (Fsp3) is 0.357. The molecule has 0 aliphatic carbocycles. The topological polar surface area (TPSA) is 54.1 Å². The van der Waals surface area contributed by atoms with Crippen LogP contribution in [-0.4, -0.2) is 24.5 Å². The van der Waals surface area contributed by atoms with Gasteiger partial charge in [0.1, 0.15) is 5.02 Å². The van der Waals surface area contributed by atoms with Gasteiger partial charge in [-0.25, -0.2) is 4.39 Å². The maximum Gasteiger partial charge on any atom is 0.216 e. The number of benzene rings is 1. The Labute approximate surface area is 121 Å². The molecule has 0 unspecified atom stereocenters. The van der Waals surface area contributed by atoms with Crippen molar-refractivity contribution in [2.24, 2.45) is 0 Å². The Morgan fingerprint density at radius 2 is 2.25 bits per heavy atom. The smallest absolute Gasteiger partial charge is 0.216 e. The molecule has 6 heteroatoms. The Morgan fingerprint density at radius 1 is 1.55 bits per heavy atom. The van der Waals surface area contributed by atoms with Gasteiger partial charge in [-0.2, -0.15) is 0 Å². The summed E-state index contributed by atoms with van der Waals surface area (Å²) in [6.07, 6.45) is 0.635. The van der Waals surface area contributed by atoms with Gasteiger partial charge in [-0.1, -0.05) is 11.6 Å². The zero-order valence-corrected chi connectivity index (χ0v) is 12.3. The van der Waals surface area contributed by atoms with Gasteiger partial charge in [-0.3, -0.25) is 4.79 Å². The summed E-state index contributed by atoms with van der Waals surface area (Å²) in [5.41, 5.74) is 2.45. The SMILES string of the molecule is COc1cc2c(CCNC(C)=O)c(C)[nH]c2c(Cl)c1F. The van der Waals surface area contributed by atoms with E-state index < -0.39 is 5.82 Å². The van der Waals surface area contributed by atoms with Crippen LogP contribution in [-0.2, 0) is 11.2 Å². The lowest BCUT2D eigenvalue weighted by molar-refractivity contribution is -0.118. The second kappa shape index (κ2) is 5.71. The van der Waals surface area contributed by atoms with Gasteiger partial charge in [0.15, 0.2) is 11.6 Å². The van der Waals surface area contributed by atoms with Gasteiger partial charge in [-0.15, -0.1) is 0 Å². The van der Waals surface area contributed by atoms with Crippen LogP contribution in [0.5, 0.6) is 5.75 Å². The maximum absolute atomic E-state index is 13.9. The number of ether oxygens (including phenoxy) is 1. The summed E-state index contributed by atoms with van der Waals surface area (Å²) in [6, 6.07) is 1.63. The number of halogens is 2. The first-order valence-corrected chi connectivity index (χ1v) is 6.61. The third-order valence-electron chi connectivity index (χ3n) is 3.23. The van der Waals surface area contributed by atoms with Crippen molar-refractivity contribution in [3.63, 3.8) is 0 Å². The number of rotatable bonds is 4. The number of carbonyl (C=O) groups excluding carboxylic acids is 1. The average molecular weight is 299 g/mol. The number of amides is 1. The molecule has 0 atom stereocenters. The number of H-pyrrole nitrogens is 1. The third-order valence-corrected chi connectivity index (χ3v) is 3.59. The van der Waals surface area contributed by atoms with Gasteiger partial charge >= 0.3 is 0 Å². The highest BCUT2D eigenvalue weighted by Crippen LogP contribution is 2.35. The number of fused-ring (bicyclic) bond motifs is 1. The van der Waals surface area contributed by atoms with E-state index in [0.29, 0.717) is 18.5 Å². The highest BCUT2D eigenvalue weighted by molar-refractivity contribution is 6.35. The summed E-state index contributed by atoms with van der Waals surface area (Å²) in [6.45, 7) is 3.88. The van der Waals surface area contributed by atoms with Gasteiger partial charge in [0, 0.05) is 24.5 Å². The predicted molar refractivity (Wildman–Crippen MR) is 76.9 cm³/mol. The van der Waals surface area contributed by atoms with Crippen LogP contribution in [0, 0.1) is 12.7 Å². The van der Waals surface area contributed by atoms with Crippen molar-refractivity contribution < 1.29 is 13.9 Å². The van der Waals surface area contributed by atoms with Crippen LogP contribution in [0.2, 0.25) is 5.02 Å². The van der Waals surface area contributed by atoms with Gasteiger partial charge in [-0.05, 0) is 25.0 Å². The molecule has 2 rings (SSSR count). The first-order chi connectivity index (χ1) is 9.45. The number of methoxy groups -OCH3 is 1. The Balaban J connectivity index is 2.46. The molecule has 0 fully saturated rings. The van der Waals surface area contributed by atoms with Crippen LogP contribution >= 0.6 is 11.6 Å². The lowest BCUT2D eigenvalue weighted by Crippen LogP contribution is -2.22. The Kier molecular flexibility index (Phi) is 4.18. The molecule has 0 saturated heterocycles. The third kappa shape index (κ3) is 2.58. The number of hydrogen-bond acceptors (Lipinski definition) is 2. The molecule has 4 nitrogen and oxygen atoms in total. The number of hydrogen-bond donors (Lipinski definition) is 2. The lowest BCUT2D eigenvalue weighted by Gasteiger charge is -2.06. The van der Waals surface area contributed by atoms with Crippen molar-refractivity contribution in [1.29, 1.82) is 0 Å². The molecular formula is C14H16ClFN2O2. The normalized spacial score (nSPS) is 10.8. The van der Waals surface area contributed by atoms with Crippen LogP contribution < -0.4 is 10.1 Å². The van der Waals surface area contributed by atoms with E-state index in [1.54, 1.807) is 6.07 Å². The Hall–Kier alpha value is -1.75. The monoisotopic (exact) mass is 298 g/mol. The van der Waals surface area contributed by atoms with Gasteiger partial charge in [0.25, 0.3) is 0 Å². The molecule has 2 N–H and O–H groups in total. The predicted octanol–water partition coefficient (Wildman–Crippen LogP) is 2.96. The summed E-state index contributed by atoms with van der Waals surface area (Å²) >= 11 is 6.02. The molecule has 0 bridgehead atoms. The van der Waals surface area contributed by atoms with Crippen molar-refractivity contribution in [3.8, 4) is 5.75 Å². The maximum atomic E-state index is 13.9. The molecule has 2 aromatic rings. The zero-order valence-electron chi connectivity index (χ0n) is 11.6. The lowest BCUT2D eigenvalue weighted by atomic mass is 10.1. The quantitative estimate of drug-likeness (QED) is 0.912. The second-order valence-electron chi connectivity index (χ2n) is 4.59. The fourth-order valence-electron chi connectivity index (χ4n) is 2.26. The highest BCUT2D eigenvalue weighted by Gasteiger charge is 2.18. The van der Waals surface area contributed by atoms with Crippen LogP contribution in [0.4, 0.5) is 4.39 Å². The van der Waals surface area contributed by atoms with Crippen molar-refractivity contribution in [2.45, 2.75) is 20.3 Å². The molecule has 1 aromatic heterocycles. The minimum absolute atomic E-state index is 0.0215. The molecule has 20 heavy (non-hydrogen) atoms. The molecule has 0 spiro atoms. The number of aromatic amines is 1. The van der Waals surface area contributed by atoms with E-state index in [1.165, 1.54) is 14.0 Å². The van der Waals surface area contributed by atoms with Crippen LogP contribution in [0.15, 0.2) is 6.07 Å². The molecule has 0 aliphatic rings. The minimum Gasteiger partial charge on any atom is -0.494 e. The fourth-order valence-corrected chi connectivity index (χ4v) is 2.50.